The molecule has 2 aliphatic heterocycles. The summed E-state index contributed by atoms with van der Waals surface area (Å²) in [5.41, 5.74) is -1.82. The average Bonchev–Trinajstić information content (AvgIpc) is 3.22. The highest BCUT2D eigenvalue weighted by Gasteiger charge is 2.63. The molecule has 0 amide bonds. The van der Waals surface area contributed by atoms with Crippen molar-refractivity contribution >= 4 is 0 Å². The van der Waals surface area contributed by atoms with Crippen LogP contribution in [0.15, 0.2) is 0 Å². The lowest BCUT2D eigenvalue weighted by atomic mass is 9.70. The van der Waals surface area contributed by atoms with Gasteiger partial charge >= 0.3 is 0 Å². The lowest BCUT2D eigenvalue weighted by molar-refractivity contribution is -0.326. The van der Waals surface area contributed by atoms with Gasteiger partial charge in [-0.25, -0.2) is 0 Å². The van der Waals surface area contributed by atoms with E-state index in [-0.39, 0.29) is 30.1 Å². The Hall–Kier alpha value is -0.400. The molecule has 180 valence electrons. The highest BCUT2D eigenvalue weighted by atomic mass is 16.7. The highest BCUT2D eigenvalue weighted by molar-refractivity contribution is 5.11. The first-order valence-electron chi connectivity index (χ1n) is 11.0. The van der Waals surface area contributed by atoms with E-state index in [4.69, 9.17) is 18.9 Å². The molecular formula is C21H36O10. The van der Waals surface area contributed by atoms with E-state index in [2.05, 4.69) is 20.8 Å². The molecule has 0 aromatic carbocycles. The SMILES string of the molecule is CC1(C)C2CCC1(C)C(O[C@@H]1O[C@H](CO[C@@H]3OC[C@](O)(CO)[C@H]3O)[C@@H](O)[C@H](O)[C@H]1O)C2. The van der Waals surface area contributed by atoms with Crippen LogP contribution in [0.25, 0.3) is 0 Å². The van der Waals surface area contributed by atoms with Gasteiger partial charge in [-0.2, -0.15) is 0 Å². The van der Waals surface area contributed by atoms with Crippen LogP contribution in [-0.2, 0) is 18.9 Å². The molecule has 0 aromatic heterocycles. The smallest absolute Gasteiger partial charge is 0.186 e. The lowest BCUT2D eigenvalue weighted by Gasteiger charge is -2.45. The molecule has 2 saturated heterocycles. The molecule has 2 heterocycles. The number of aliphatic hydroxyl groups is 6. The van der Waals surface area contributed by atoms with Crippen LogP contribution < -0.4 is 0 Å². The molecular weight excluding hydrogens is 412 g/mol. The van der Waals surface area contributed by atoms with Crippen molar-refractivity contribution in [2.45, 2.75) is 94.8 Å². The summed E-state index contributed by atoms with van der Waals surface area (Å²) in [6.45, 7) is 5.36. The maximum atomic E-state index is 10.5. The zero-order valence-electron chi connectivity index (χ0n) is 18.3. The second kappa shape index (κ2) is 8.12. The molecule has 0 radical (unpaired) electrons. The second-order valence-electron chi connectivity index (χ2n) is 10.5. The Morgan fingerprint density at radius 2 is 1.71 bits per heavy atom. The van der Waals surface area contributed by atoms with Crippen LogP contribution in [0.4, 0.5) is 0 Å². The van der Waals surface area contributed by atoms with Gasteiger partial charge in [0.2, 0.25) is 0 Å². The van der Waals surface area contributed by atoms with E-state index in [1.807, 2.05) is 0 Å². The first kappa shape index (κ1) is 23.7. The molecule has 4 rings (SSSR count). The third kappa shape index (κ3) is 3.65. The maximum Gasteiger partial charge on any atom is 0.186 e. The molecule has 10 heteroatoms. The molecule has 0 aromatic rings. The van der Waals surface area contributed by atoms with Crippen LogP contribution in [0.3, 0.4) is 0 Å². The summed E-state index contributed by atoms with van der Waals surface area (Å²) >= 11 is 0. The molecule has 4 fully saturated rings. The van der Waals surface area contributed by atoms with Crippen LogP contribution in [0.5, 0.6) is 0 Å². The zero-order chi connectivity index (χ0) is 22.8. The minimum absolute atomic E-state index is 0.0791. The van der Waals surface area contributed by atoms with Gasteiger partial charge in [0.15, 0.2) is 12.6 Å². The Labute approximate surface area is 181 Å². The Balaban J connectivity index is 1.39. The van der Waals surface area contributed by atoms with Crippen molar-refractivity contribution in [3.63, 3.8) is 0 Å². The van der Waals surface area contributed by atoms with Crippen molar-refractivity contribution in [3.8, 4) is 0 Å². The summed E-state index contributed by atoms with van der Waals surface area (Å²) in [5.74, 6) is 0.518. The summed E-state index contributed by atoms with van der Waals surface area (Å²) < 4.78 is 22.6. The fraction of sp³-hybridized carbons (Fsp3) is 1.00. The molecule has 0 spiro atoms. The predicted octanol–water partition coefficient (Wildman–Crippen LogP) is -1.52. The largest absolute Gasteiger partial charge is 0.393 e. The lowest BCUT2D eigenvalue weighted by Crippen LogP contribution is -2.60. The van der Waals surface area contributed by atoms with Gasteiger partial charge in [-0.1, -0.05) is 20.8 Å². The van der Waals surface area contributed by atoms with E-state index in [1.54, 1.807) is 0 Å². The Kier molecular flexibility index (Phi) is 6.22. The summed E-state index contributed by atoms with van der Waals surface area (Å²) in [6, 6.07) is 0. The van der Waals surface area contributed by atoms with Gasteiger partial charge in [0.05, 0.1) is 25.9 Å². The van der Waals surface area contributed by atoms with Crippen LogP contribution >= 0.6 is 0 Å². The molecule has 3 unspecified atom stereocenters. The van der Waals surface area contributed by atoms with Gasteiger partial charge in [-0.15, -0.1) is 0 Å². The first-order valence-corrected chi connectivity index (χ1v) is 11.0. The van der Waals surface area contributed by atoms with Crippen molar-refractivity contribution in [1.29, 1.82) is 0 Å². The van der Waals surface area contributed by atoms with E-state index < -0.39 is 55.3 Å². The molecule has 10 nitrogen and oxygen atoms in total. The van der Waals surface area contributed by atoms with Crippen molar-refractivity contribution in [2.24, 2.45) is 16.7 Å². The molecule has 4 aliphatic rings. The van der Waals surface area contributed by atoms with Gasteiger partial charge in [-0.05, 0) is 36.0 Å². The standard InChI is InChI=1S/C21H36O10/c1-19(2)10-4-5-20(19,3)12(6-10)31-17-15(25)14(24)13(23)11(30-17)7-28-18-16(26)21(27,8-22)9-29-18/h10-18,22-27H,4-9H2,1-3H3/t10?,11-,12?,13-,14+,15-,16+,17+,18-,20?,21-/m1/s1. The molecule has 2 bridgehead atoms. The molecule has 2 aliphatic carbocycles. The first-order chi connectivity index (χ1) is 14.4. The number of aliphatic hydroxyl groups excluding tert-OH is 5. The van der Waals surface area contributed by atoms with E-state index in [1.165, 1.54) is 0 Å². The second-order valence-corrected chi connectivity index (χ2v) is 10.5. The fourth-order valence-electron chi connectivity index (χ4n) is 5.79. The normalized spacial score (nSPS) is 53.9. The van der Waals surface area contributed by atoms with E-state index in [0.717, 1.165) is 19.3 Å². The van der Waals surface area contributed by atoms with Crippen molar-refractivity contribution in [1.82, 2.24) is 0 Å². The molecule has 31 heavy (non-hydrogen) atoms. The van der Waals surface area contributed by atoms with Crippen molar-refractivity contribution < 1.29 is 49.6 Å². The van der Waals surface area contributed by atoms with Crippen LogP contribution in [-0.4, -0.2) is 105 Å². The Bertz CT molecular complexity index is 660. The van der Waals surface area contributed by atoms with Crippen molar-refractivity contribution in [3.05, 3.63) is 0 Å². The third-order valence-electron chi connectivity index (χ3n) is 8.69. The zero-order valence-corrected chi connectivity index (χ0v) is 18.3. The molecule has 6 N–H and O–H groups in total. The number of rotatable bonds is 6. The van der Waals surface area contributed by atoms with E-state index in [9.17, 15) is 30.6 Å². The summed E-state index contributed by atoms with van der Waals surface area (Å²) in [6.07, 6.45) is -6.45. The van der Waals surface area contributed by atoms with Gasteiger partial charge in [0, 0.05) is 0 Å². The number of hydrogen-bond acceptors (Lipinski definition) is 10. The summed E-state index contributed by atoms with van der Waals surface area (Å²) in [5, 5.41) is 60.5. The highest BCUT2D eigenvalue weighted by Crippen LogP contribution is 2.66. The van der Waals surface area contributed by atoms with Crippen LogP contribution in [0.1, 0.15) is 40.0 Å². The Morgan fingerprint density at radius 3 is 2.26 bits per heavy atom. The number of fused-ring (bicyclic) bond motifs is 2. The quantitative estimate of drug-likeness (QED) is 0.282. The minimum atomic E-state index is -1.83. The van der Waals surface area contributed by atoms with Gasteiger partial charge in [0.25, 0.3) is 0 Å². The van der Waals surface area contributed by atoms with Crippen molar-refractivity contribution in [2.75, 3.05) is 19.8 Å². The maximum absolute atomic E-state index is 10.5. The van der Waals surface area contributed by atoms with Crippen LogP contribution in [0, 0.1) is 16.7 Å². The van der Waals surface area contributed by atoms with Gasteiger partial charge in [-0.3, -0.25) is 0 Å². The monoisotopic (exact) mass is 448 g/mol. The van der Waals surface area contributed by atoms with Crippen LogP contribution in [0.2, 0.25) is 0 Å². The summed E-state index contributed by atoms with van der Waals surface area (Å²) in [4.78, 5) is 0. The van der Waals surface area contributed by atoms with Gasteiger partial charge in [0.1, 0.15) is 36.1 Å². The van der Waals surface area contributed by atoms with Gasteiger partial charge < -0.3 is 49.6 Å². The average molecular weight is 449 g/mol. The third-order valence-corrected chi connectivity index (χ3v) is 8.69. The summed E-state index contributed by atoms with van der Waals surface area (Å²) in [7, 11) is 0. The number of hydrogen-bond donors (Lipinski definition) is 6. The molecule has 11 atom stereocenters. The fourth-order valence-corrected chi connectivity index (χ4v) is 5.79. The molecule has 2 saturated carbocycles. The predicted molar refractivity (Wildman–Crippen MR) is 105 cm³/mol. The van der Waals surface area contributed by atoms with E-state index >= 15 is 0 Å². The minimum Gasteiger partial charge on any atom is -0.393 e. The van der Waals surface area contributed by atoms with E-state index in [0.29, 0.717) is 5.92 Å². The number of ether oxygens (including phenoxy) is 4. The topological polar surface area (TPSA) is 158 Å². The Morgan fingerprint density at radius 1 is 1.00 bits per heavy atom.